The Hall–Kier alpha value is -3.93. The minimum atomic E-state index is -0.839. The zero-order valence-corrected chi connectivity index (χ0v) is 38.4. The maximum absolute atomic E-state index is 12.7. The molecule has 0 aliphatic rings. The van der Waals surface area contributed by atoms with Crippen molar-refractivity contribution in [1.29, 1.82) is 0 Å². The second kappa shape index (κ2) is 47.7. The molecule has 0 aromatic rings. The molecule has 6 heteroatoms. The maximum Gasteiger partial charge on any atom is 0.306 e. The van der Waals surface area contributed by atoms with Crippen LogP contribution in [0, 0.1) is 0 Å². The number of ether oxygens (including phenoxy) is 3. The number of allylic oxidation sites excluding steroid dienone is 18. The van der Waals surface area contributed by atoms with E-state index < -0.39 is 12.1 Å². The Bertz CT molecular complexity index is 1280. The first-order chi connectivity index (χ1) is 29.5. The predicted molar refractivity (Wildman–Crippen MR) is 256 cm³/mol. The Morgan fingerprint density at radius 2 is 0.733 bits per heavy atom. The van der Waals surface area contributed by atoms with Crippen molar-refractivity contribution in [2.45, 2.75) is 200 Å². The number of carbonyl (C=O) groups is 3. The van der Waals surface area contributed by atoms with E-state index in [1.807, 2.05) is 54.7 Å². The number of unbranched alkanes of at least 4 members (excludes halogenated alkanes) is 16. The lowest BCUT2D eigenvalue weighted by Gasteiger charge is -2.18. The van der Waals surface area contributed by atoms with E-state index in [1.165, 1.54) is 77.0 Å². The van der Waals surface area contributed by atoms with Crippen LogP contribution in [0.15, 0.2) is 109 Å². The molecule has 0 spiro atoms. The summed E-state index contributed by atoms with van der Waals surface area (Å²) in [5.74, 6) is -1.08. The van der Waals surface area contributed by atoms with E-state index in [2.05, 4.69) is 75.5 Å². The van der Waals surface area contributed by atoms with Gasteiger partial charge in [-0.3, -0.25) is 14.4 Å². The average molecular weight is 831 g/mol. The predicted octanol–water partition coefficient (Wildman–Crippen LogP) is 15.6. The summed E-state index contributed by atoms with van der Waals surface area (Å²) in [6.45, 7) is 6.32. The van der Waals surface area contributed by atoms with Crippen LogP contribution in [0.2, 0.25) is 0 Å². The lowest BCUT2D eigenvalue weighted by atomic mass is 10.1. The Labute approximate surface area is 368 Å². The van der Waals surface area contributed by atoms with Crippen molar-refractivity contribution in [1.82, 2.24) is 0 Å². The first-order valence-corrected chi connectivity index (χ1v) is 24.0. The van der Waals surface area contributed by atoms with Crippen LogP contribution in [0.1, 0.15) is 194 Å². The highest BCUT2D eigenvalue weighted by molar-refractivity contribution is 5.71. The molecule has 0 aliphatic heterocycles. The van der Waals surface area contributed by atoms with Gasteiger partial charge in [0, 0.05) is 19.3 Å². The summed E-state index contributed by atoms with van der Waals surface area (Å²) in [5.41, 5.74) is 0. The fraction of sp³-hybridized carbons (Fsp3) is 0.611. The van der Waals surface area contributed by atoms with Crippen molar-refractivity contribution in [2.24, 2.45) is 0 Å². The van der Waals surface area contributed by atoms with Gasteiger partial charge < -0.3 is 14.2 Å². The molecule has 0 saturated heterocycles. The Morgan fingerprint density at radius 1 is 0.367 bits per heavy atom. The molecule has 0 heterocycles. The molecule has 1 atom stereocenters. The summed E-state index contributed by atoms with van der Waals surface area (Å²) in [7, 11) is 0. The Kier molecular flexibility index (Phi) is 44.6. The molecule has 0 aromatic carbocycles. The molecule has 1 unspecified atom stereocenters. The van der Waals surface area contributed by atoms with Crippen molar-refractivity contribution in [3.63, 3.8) is 0 Å². The van der Waals surface area contributed by atoms with Crippen molar-refractivity contribution in [2.75, 3.05) is 13.2 Å². The smallest absolute Gasteiger partial charge is 0.306 e. The molecule has 0 bridgehead atoms. The number of carbonyl (C=O) groups excluding carboxylic acids is 3. The fourth-order valence-electron chi connectivity index (χ4n) is 6.01. The van der Waals surface area contributed by atoms with Gasteiger partial charge in [-0.2, -0.15) is 0 Å². The van der Waals surface area contributed by atoms with Gasteiger partial charge in [0.25, 0.3) is 0 Å². The van der Waals surface area contributed by atoms with Gasteiger partial charge in [0.1, 0.15) is 13.2 Å². The third-order valence-corrected chi connectivity index (χ3v) is 9.61. The van der Waals surface area contributed by atoms with Crippen molar-refractivity contribution in [3.8, 4) is 0 Å². The fourth-order valence-corrected chi connectivity index (χ4v) is 6.01. The van der Waals surface area contributed by atoms with E-state index in [9.17, 15) is 14.4 Å². The first kappa shape index (κ1) is 56.1. The molecule has 6 nitrogen and oxygen atoms in total. The first-order valence-electron chi connectivity index (χ1n) is 24.0. The zero-order chi connectivity index (χ0) is 43.7. The average Bonchev–Trinajstić information content (AvgIpc) is 3.24. The highest BCUT2D eigenvalue weighted by atomic mass is 16.6. The van der Waals surface area contributed by atoms with Crippen LogP contribution in [-0.4, -0.2) is 37.2 Å². The van der Waals surface area contributed by atoms with E-state index in [1.54, 1.807) is 0 Å². The lowest BCUT2D eigenvalue weighted by Crippen LogP contribution is -2.30. The molecule has 0 rings (SSSR count). The number of hydrogen-bond donors (Lipinski definition) is 0. The van der Waals surface area contributed by atoms with Crippen LogP contribution >= 0.6 is 0 Å². The molecule has 0 aromatic heterocycles. The number of rotatable bonds is 41. The molecule has 0 saturated carbocycles. The summed E-state index contributed by atoms with van der Waals surface area (Å²) < 4.78 is 16.6. The van der Waals surface area contributed by atoms with Gasteiger partial charge in [0.05, 0.1) is 0 Å². The second-order valence-electron chi connectivity index (χ2n) is 15.4. The lowest BCUT2D eigenvalue weighted by molar-refractivity contribution is -0.167. The molecule has 0 amide bonds. The van der Waals surface area contributed by atoms with Crippen LogP contribution < -0.4 is 0 Å². The molecular formula is C54H86O6. The van der Waals surface area contributed by atoms with E-state index in [4.69, 9.17) is 14.2 Å². The van der Waals surface area contributed by atoms with Gasteiger partial charge in [-0.25, -0.2) is 0 Å². The molecule has 60 heavy (non-hydrogen) atoms. The summed E-state index contributed by atoms with van der Waals surface area (Å²) in [6.07, 6.45) is 63.7. The summed E-state index contributed by atoms with van der Waals surface area (Å²) in [6, 6.07) is 0. The van der Waals surface area contributed by atoms with Crippen molar-refractivity contribution < 1.29 is 28.6 Å². The largest absolute Gasteiger partial charge is 0.462 e. The van der Waals surface area contributed by atoms with E-state index in [-0.39, 0.29) is 38.0 Å². The maximum atomic E-state index is 12.7. The van der Waals surface area contributed by atoms with Crippen molar-refractivity contribution >= 4 is 17.9 Å². The summed E-state index contributed by atoms with van der Waals surface area (Å²) >= 11 is 0. The van der Waals surface area contributed by atoms with Crippen LogP contribution in [0.5, 0.6) is 0 Å². The monoisotopic (exact) mass is 831 g/mol. The Morgan fingerprint density at radius 3 is 1.28 bits per heavy atom. The standard InChI is InChI=1S/C54H86O6/c1-4-7-10-13-16-19-22-25-26-27-28-30-32-35-38-41-44-47-53(56)59-50-51(49-58-52(55)46-43-40-37-34-31-24-21-18-15-12-9-6-3)60-54(57)48-45-42-39-36-33-29-23-20-17-14-11-8-5-2/h8,11,14,17-18,20-21,23,25-26,28-30,33,35-36,38-39,51H,4-7,9-10,12-13,15-16,19,22,24,27,31-32,34,37,40-50H2,1-3H3/b11-8-,17-14-,21-18-,23-20-,26-25-,30-28-,33-29-,38-35-,39-36-. The van der Waals surface area contributed by atoms with Gasteiger partial charge in [0.2, 0.25) is 0 Å². The minimum absolute atomic E-state index is 0.129. The Balaban J connectivity index is 4.59. The quantitative estimate of drug-likeness (QED) is 0.0201. The van der Waals surface area contributed by atoms with Crippen molar-refractivity contribution in [3.05, 3.63) is 109 Å². The third-order valence-electron chi connectivity index (χ3n) is 9.61. The molecular weight excluding hydrogens is 745 g/mol. The third kappa shape index (κ3) is 45.2. The second-order valence-corrected chi connectivity index (χ2v) is 15.4. The van der Waals surface area contributed by atoms with Gasteiger partial charge in [-0.1, -0.05) is 194 Å². The van der Waals surface area contributed by atoms with Gasteiger partial charge in [0.15, 0.2) is 6.10 Å². The van der Waals surface area contributed by atoms with Crippen LogP contribution in [0.3, 0.4) is 0 Å². The van der Waals surface area contributed by atoms with Crippen LogP contribution in [0.4, 0.5) is 0 Å². The van der Waals surface area contributed by atoms with E-state index in [0.717, 1.165) is 64.2 Å². The van der Waals surface area contributed by atoms with Gasteiger partial charge in [-0.15, -0.1) is 0 Å². The molecule has 0 aliphatic carbocycles. The molecule has 338 valence electrons. The molecule has 0 fully saturated rings. The zero-order valence-electron chi connectivity index (χ0n) is 38.4. The minimum Gasteiger partial charge on any atom is -0.462 e. The topological polar surface area (TPSA) is 78.9 Å². The molecule has 0 radical (unpaired) electrons. The van der Waals surface area contributed by atoms with E-state index in [0.29, 0.717) is 19.3 Å². The summed E-state index contributed by atoms with van der Waals surface area (Å²) in [5, 5.41) is 0. The van der Waals surface area contributed by atoms with E-state index >= 15 is 0 Å². The highest BCUT2D eigenvalue weighted by Crippen LogP contribution is 2.11. The molecule has 0 N–H and O–H groups in total. The van der Waals surface area contributed by atoms with Gasteiger partial charge >= 0.3 is 17.9 Å². The number of hydrogen-bond acceptors (Lipinski definition) is 6. The summed E-state index contributed by atoms with van der Waals surface area (Å²) in [4.78, 5) is 37.8. The normalized spacial score (nSPS) is 13.1. The van der Waals surface area contributed by atoms with Crippen LogP contribution in [-0.2, 0) is 28.6 Å². The van der Waals surface area contributed by atoms with Crippen LogP contribution in [0.25, 0.3) is 0 Å². The number of esters is 3. The SMILES string of the molecule is CC\C=C/C=C\C=C/C=C\C=C/CCCC(=O)OC(COC(=O)CCC/C=C\C/C=C\C/C=C\CCCCCCCC)COC(=O)CCCCCCC/C=C\CCCCC. The highest BCUT2D eigenvalue weighted by Gasteiger charge is 2.19. The van der Waals surface area contributed by atoms with Gasteiger partial charge in [-0.05, 0) is 89.9 Å².